The lowest BCUT2D eigenvalue weighted by Crippen LogP contribution is -2.27. The van der Waals surface area contributed by atoms with Gasteiger partial charge in [-0.05, 0) is 30.2 Å². The van der Waals surface area contributed by atoms with Crippen molar-refractivity contribution in [3.63, 3.8) is 0 Å². The molecule has 0 amide bonds. The van der Waals surface area contributed by atoms with E-state index in [9.17, 15) is 8.42 Å². The Kier molecular flexibility index (Phi) is 6.61. The normalized spacial score (nSPS) is 12.1. The smallest absolute Gasteiger partial charge is 0.240 e. The van der Waals surface area contributed by atoms with Gasteiger partial charge in [-0.25, -0.2) is 13.1 Å². The molecule has 2 N–H and O–H groups in total. The second-order valence-electron chi connectivity index (χ2n) is 5.01. The quantitative estimate of drug-likeness (QED) is 0.713. The van der Waals surface area contributed by atoms with Crippen molar-refractivity contribution in [3.05, 3.63) is 29.3 Å². The van der Waals surface area contributed by atoms with Crippen LogP contribution in [0.4, 0.5) is 0 Å². The highest BCUT2D eigenvalue weighted by Gasteiger charge is 2.14. The number of hydrogen-bond donors (Lipinski definition) is 2. The average Bonchev–Trinajstić information content (AvgIpc) is 2.37. The van der Waals surface area contributed by atoms with Crippen LogP contribution in [0.1, 0.15) is 25.0 Å². The number of methoxy groups -OCH3 is 1. The molecule has 0 fully saturated rings. The summed E-state index contributed by atoms with van der Waals surface area (Å²) in [6.45, 7) is 7.38. The van der Waals surface area contributed by atoms with Crippen LogP contribution in [0.3, 0.4) is 0 Å². The zero-order valence-corrected chi connectivity index (χ0v) is 13.4. The lowest BCUT2D eigenvalue weighted by atomic mass is 10.1. The Bertz CT molecular complexity index is 527. The Balaban J connectivity index is 2.87. The van der Waals surface area contributed by atoms with Crippen LogP contribution in [0.15, 0.2) is 23.1 Å². The molecule has 5 nitrogen and oxygen atoms in total. The van der Waals surface area contributed by atoms with Gasteiger partial charge in [0.2, 0.25) is 10.0 Å². The molecule has 0 unspecified atom stereocenters. The first kappa shape index (κ1) is 17.1. The molecule has 0 atom stereocenters. The zero-order chi connectivity index (χ0) is 15.2. The predicted molar refractivity (Wildman–Crippen MR) is 80.2 cm³/mol. The van der Waals surface area contributed by atoms with Gasteiger partial charge in [-0.15, -0.1) is 0 Å². The highest BCUT2D eigenvalue weighted by molar-refractivity contribution is 7.89. The summed E-state index contributed by atoms with van der Waals surface area (Å²) in [5.41, 5.74) is 2.07. The number of benzene rings is 1. The molecule has 0 aliphatic rings. The van der Waals surface area contributed by atoms with Crippen molar-refractivity contribution in [1.82, 2.24) is 10.0 Å². The van der Waals surface area contributed by atoms with E-state index < -0.39 is 10.0 Å². The SMILES string of the molecule is COCCNS(=O)(=O)c1ccc(C)c(CNC(C)C)c1. The first-order valence-electron chi connectivity index (χ1n) is 6.68. The van der Waals surface area contributed by atoms with Crippen molar-refractivity contribution in [2.24, 2.45) is 0 Å². The first-order valence-corrected chi connectivity index (χ1v) is 8.16. The molecule has 1 aromatic rings. The lowest BCUT2D eigenvalue weighted by Gasteiger charge is -2.13. The van der Waals surface area contributed by atoms with E-state index in [4.69, 9.17) is 4.74 Å². The largest absolute Gasteiger partial charge is 0.383 e. The molecule has 0 spiro atoms. The predicted octanol–water partition coefficient (Wildman–Crippen LogP) is 1.42. The van der Waals surface area contributed by atoms with Gasteiger partial charge in [0.25, 0.3) is 0 Å². The van der Waals surface area contributed by atoms with Gasteiger partial charge in [-0.3, -0.25) is 0 Å². The minimum absolute atomic E-state index is 0.270. The van der Waals surface area contributed by atoms with Gasteiger partial charge in [0.15, 0.2) is 0 Å². The molecule has 0 aliphatic heterocycles. The van der Waals surface area contributed by atoms with Gasteiger partial charge >= 0.3 is 0 Å². The maximum absolute atomic E-state index is 12.1. The fourth-order valence-corrected chi connectivity index (χ4v) is 2.74. The van der Waals surface area contributed by atoms with Crippen molar-refractivity contribution in [2.75, 3.05) is 20.3 Å². The summed E-state index contributed by atoms with van der Waals surface area (Å²) in [5.74, 6) is 0. The highest BCUT2D eigenvalue weighted by Crippen LogP contribution is 2.15. The third-order valence-corrected chi connectivity index (χ3v) is 4.39. The molecule has 0 aromatic heterocycles. The maximum Gasteiger partial charge on any atom is 0.240 e. The van der Waals surface area contributed by atoms with Gasteiger partial charge in [-0.2, -0.15) is 0 Å². The molecule has 1 rings (SSSR count). The fraction of sp³-hybridized carbons (Fsp3) is 0.571. The van der Waals surface area contributed by atoms with Crippen molar-refractivity contribution < 1.29 is 13.2 Å². The number of rotatable bonds is 8. The number of nitrogens with one attached hydrogen (secondary N) is 2. The Labute approximate surface area is 121 Å². The molecule has 6 heteroatoms. The zero-order valence-electron chi connectivity index (χ0n) is 12.6. The van der Waals surface area contributed by atoms with Gasteiger partial charge in [0.05, 0.1) is 11.5 Å². The third kappa shape index (κ3) is 5.20. The summed E-state index contributed by atoms with van der Waals surface area (Å²) < 4.78 is 31.6. The van der Waals surface area contributed by atoms with Gasteiger partial charge in [0.1, 0.15) is 0 Å². The van der Waals surface area contributed by atoms with E-state index in [1.54, 1.807) is 12.1 Å². The van der Waals surface area contributed by atoms with E-state index >= 15 is 0 Å². The maximum atomic E-state index is 12.1. The van der Waals surface area contributed by atoms with E-state index in [1.165, 1.54) is 7.11 Å². The van der Waals surface area contributed by atoms with E-state index in [1.807, 2.05) is 13.0 Å². The first-order chi connectivity index (χ1) is 9.36. The van der Waals surface area contributed by atoms with Crippen molar-refractivity contribution in [3.8, 4) is 0 Å². The Morgan fingerprint density at radius 2 is 2.00 bits per heavy atom. The molecule has 0 aliphatic carbocycles. The van der Waals surface area contributed by atoms with Gasteiger partial charge in [-0.1, -0.05) is 19.9 Å². The van der Waals surface area contributed by atoms with Crippen LogP contribution in [0.5, 0.6) is 0 Å². The number of sulfonamides is 1. The van der Waals surface area contributed by atoms with Crippen molar-refractivity contribution in [1.29, 1.82) is 0 Å². The van der Waals surface area contributed by atoms with Crippen molar-refractivity contribution >= 4 is 10.0 Å². The topological polar surface area (TPSA) is 67.4 Å². The number of aryl methyl sites for hydroxylation is 1. The van der Waals surface area contributed by atoms with Crippen LogP contribution >= 0.6 is 0 Å². The third-order valence-electron chi connectivity index (χ3n) is 2.93. The molecule has 0 bridgehead atoms. The summed E-state index contributed by atoms with van der Waals surface area (Å²) in [6, 6.07) is 5.54. The van der Waals surface area contributed by atoms with E-state index in [0.717, 1.165) is 11.1 Å². The van der Waals surface area contributed by atoms with E-state index in [-0.39, 0.29) is 6.54 Å². The Morgan fingerprint density at radius 1 is 1.30 bits per heavy atom. The molecule has 0 heterocycles. The van der Waals surface area contributed by atoms with E-state index in [2.05, 4.69) is 23.9 Å². The van der Waals surface area contributed by atoms with Crippen LogP contribution in [0.25, 0.3) is 0 Å². The second-order valence-corrected chi connectivity index (χ2v) is 6.78. The monoisotopic (exact) mass is 300 g/mol. The molecule has 0 radical (unpaired) electrons. The summed E-state index contributed by atoms with van der Waals surface area (Å²) in [5, 5.41) is 3.30. The molecular formula is C14H24N2O3S. The fourth-order valence-electron chi connectivity index (χ4n) is 1.68. The number of ether oxygens (including phenoxy) is 1. The molecular weight excluding hydrogens is 276 g/mol. The lowest BCUT2D eigenvalue weighted by molar-refractivity contribution is 0.204. The minimum Gasteiger partial charge on any atom is -0.383 e. The van der Waals surface area contributed by atoms with Crippen LogP contribution in [-0.2, 0) is 21.3 Å². The summed E-state index contributed by atoms with van der Waals surface area (Å²) in [7, 11) is -1.93. The molecule has 0 saturated heterocycles. The molecule has 114 valence electrons. The molecule has 0 saturated carbocycles. The molecule has 1 aromatic carbocycles. The number of hydrogen-bond acceptors (Lipinski definition) is 4. The summed E-state index contributed by atoms with van der Waals surface area (Å²) in [6.07, 6.45) is 0. The van der Waals surface area contributed by atoms with E-state index in [0.29, 0.717) is 24.1 Å². The second kappa shape index (κ2) is 7.73. The standard InChI is InChI=1S/C14H24N2O3S/c1-11(2)15-10-13-9-14(6-5-12(13)3)20(17,18)16-7-8-19-4/h5-6,9,11,15-16H,7-8,10H2,1-4H3. The Morgan fingerprint density at radius 3 is 2.60 bits per heavy atom. The van der Waals surface area contributed by atoms with Gasteiger partial charge in [0, 0.05) is 26.2 Å². The average molecular weight is 300 g/mol. The van der Waals surface area contributed by atoms with Crippen LogP contribution in [-0.4, -0.2) is 34.7 Å². The highest BCUT2D eigenvalue weighted by atomic mass is 32.2. The summed E-state index contributed by atoms with van der Waals surface area (Å²) in [4.78, 5) is 0.291. The van der Waals surface area contributed by atoms with Crippen LogP contribution in [0.2, 0.25) is 0 Å². The van der Waals surface area contributed by atoms with Crippen molar-refractivity contribution in [2.45, 2.75) is 38.3 Å². The Hall–Kier alpha value is -0.950. The minimum atomic E-state index is -3.47. The molecule has 20 heavy (non-hydrogen) atoms. The van der Waals surface area contributed by atoms with Crippen LogP contribution < -0.4 is 10.0 Å². The van der Waals surface area contributed by atoms with Crippen LogP contribution in [0, 0.1) is 6.92 Å². The summed E-state index contributed by atoms with van der Waals surface area (Å²) >= 11 is 0. The van der Waals surface area contributed by atoms with Gasteiger partial charge < -0.3 is 10.1 Å².